The number of thiazole rings is 1. The summed E-state index contributed by atoms with van der Waals surface area (Å²) in [5, 5.41) is 12.6. The Morgan fingerprint density at radius 3 is 2.80 bits per heavy atom. The van der Waals surface area contributed by atoms with Crippen molar-refractivity contribution in [2.75, 3.05) is 6.61 Å². The van der Waals surface area contributed by atoms with E-state index in [0.29, 0.717) is 27.8 Å². The molecule has 0 aliphatic heterocycles. The summed E-state index contributed by atoms with van der Waals surface area (Å²) in [6, 6.07) is 3.49. The lowest BCUT2D eigenvalue weighted by Gasteiger charge is -2.12. The number of amides is 1. The van der Waals surface area contributed by atoms with E-state index in [1.54, 1.807) is 6.92 Å². The van der Waals surface area contributed by atoms with Gasteiger partial charge in [-0.25, -0.2) is 4.98 Å². The van der Waals surface area contributed by atoms with Gasteiger partial charge in [-0.2, -0.15) is 0 Å². The molecular formula is C14H18N2O3S. The van der Waals surface area contributed by atoms with E-state index in [1.807, 2.05) is 26.0 Å². The zero-order valence-electron chi connectivity index (χ0n) is 11.8. The lowest BCUT2D eigenvalue weighted by Crippen LogP contribution is -2.36. The third-order valence-electron chi connectivity index (χ3n) is 3.00. The molecule has 0 aromatic carbocycles. The fourth-order valence-corrected chi connectivity index (χ4v) is 2.72. The maximum absolute atomic E-state index is 12.2. The van der Waals surface area contributed by atoms with Gasteiger partial charge in [0.25, 0.3) is 5.91 Å². The highest BCUT2D eigenvalue weighted by Crippen LogP contribution is 2.29. The van der Waals surface area contributed by atoms with E-state index in [2.05, 4.69) is 10.3 Å². The zero-order chi connectivity index (χ0) is 14.7. The quantitative estimate of drug-likeness (QED) is 0.888. The molecule has 6 heteroatoms. The van der Waals surface area contributed by atoms with Gasteiger partial charge in [-0.15, -0.1) is 11.3 Å². The number of nitrogens with one attached hydrogen (secondary N) is 1. The minimum atomic E-state index is -0.224. The van der Waals surface area contributed by atoms with Gasteiger partial charge in [0.15, 0.2) is 10.8 Å². The smallest absolute Gasteiger partial charge is 0.263 e. The van der Waals surface area contributed by atoms with E-state index >= 15 is 0 Å². The highest BCUT2D eigenvalue weighted by atomic mass is 32.1. The van der Waals surface area contributed by atoms with Crippen LogP contribution in [0.15, 0.2) is 16.5 Å². The minimum Gasteiger partial charge on any atom is -0.459 e. The fraction of sp³-hybridized carbons (Fsp3) is 0.429. The molecule has 1 amide bonds. The number of rotatable bonds is 5. The van der Waals surface area contributed by atoms with Gasteiger partial charge in [0, 0.05) is 0 Å². The Morgan fingerprint density at radius 2 is 2.25 bits per heavy atom. The highest BCUT2D eigenvalue weighted by Gasteiger charge is 2.19. The first-order valence-electron chi connectivity index (χ1n) is 6.51. The van der Waals surface area contributed by atoms with Gasteiger partial charge in [0.1, 0.15) is 10.6 Å². The molecule has 0 saturated carbocycles. The number of aryl methyl sites for hydroxylation is 2. The van der Waals surface area contributed by atoms with Crippen molar-refractivity contribution in [3.63, 3.8) is 0 Å². The van der Waals surface area contributed by atoms with E-state index in [4.69, 9.17) is 9.52 Å². The van der Waals surface area contributed by atoms with Crippen LogP contribution in [0.5, 0.6) is 0 Å². The molecule has 2 heterocycles. The van der Waals surface area contributed by atoms with Crippen LogP contribution in [-0.2, 0) is 0 Å². The maximum Gasteiger partial charge on any atom is 0.263 e. The standard InChI is InChI=1S/C14H18N2O3S/c1-4-10(7-17)16-13(18)12-9(3)15-14(20-12)11-6-5-8(2)19-11/h5-6,10,17H,4,7H2,1-3H3,(H,16,18). The lowest BCUT2D eigenvalue weighted by atomic mass is 10.2. The zero-order valence-corrected chi connectivity index (χ0v) is 12.6. The second kappa shape index (κ2) is 6.19. The summed E-state index contributed by atoms with van der Waals surface area (Å²) in [5.41, 5.74) is 0.671. The van der Waals surface area contributed by atoms with E-state index in [-0.39, 0.29) is 18.6 Å². The molecule has 0 bridgehead atoms. The highest BCUT2D eigenvalue weighted by molar-refractivity contribution is 7.17. The third-order valence-corrected chi connectivity index (χ3v) is 4.17. The molecule has 20 heavy (non-hydrogen) atoms. The van der Waals surface area contributed by atoms with Crippen LogP contribution in [0.4, 0.5) is 0 Å². The molecule has 2 aromatic heterocycles. The van der Waals surface area contributed by atoms with Crippen molar-refractivity contribution in [1.29, 1.82) is 0 Å². The summed E-state index contributed by atoms with van der Waals surface area (Å²) in [6.07, 6.45) is 0.685. The van der Waals surface area contributed by atoms with Crippen LogP contribution in [0.3, 0.4) is 0 Å². The Morgan fingerprint density at radius 1 is 1.50 bits per heavy atom. The van der Waals surface area contributed by atoms with Gasteiger partial charge in [-0.3, -0.25) is 4.79 Å². The molecule has 2 N–H and O–H groups in total. The Hall–Kier alpha value is -1.66. The molecule has 0 saturated heterocycles. The third kappa shape index (κ3) is 3.08. The fourth-order valence-electron chi connectivity index (χ4n) is 1.79. The Balaban J connectivity index is 2.21. The molecule has 108 valence electrons. The summed E-state index contributed by atoms with van der Waals surface area (Å²) in [6.45, 7) is 5.51. The molecule has 0 aliphatic rings. The van der Waals surface area contributed by atoms with Gasteiger partial charge in [0.05, 0.1) is 18.3 Å². The van der Waals surface area contributed by atoms with Gasteiger partial charge < -0.3 is 14.8 Å². The van der Waals surface area contributed by atoms with Crippen LogP contribution in [0.2, 0.25) is 0 Å². The van der Waals surface area contributed by atoms with E-state index in [0.717, 1.165) is 5.76 Å². The van der Waals surface area contributed by atoms with Gasteiger partial charge >= 0.3 is 0 Å². The van der Waals surface area contributed by atoms with Crippen molar-refractivity contribution in [3.8, 4) is 10.8 Å². The van der Waals surface area contributed by atoms with Crippen molar-refractivity contribution in [2.45, 2.75) is 33.2 Å². The predicted molar refractivity (Wildman–Crippen MR) is 77.9 cm³/mol. The van der Waals surface area contributed by atoms with Crippen LogP contribution in [0.1, 0.15) is 34.5 Å². The van der Waals surface area contributed by atoms with E-state index in [9.17, 15) is 4.79 Å². The average Bonchev–Trinajstić information content (AvgIpc) is 3.01. The van der Waals surface area contributed by atoms with Crippen LogP contribution in [0, 0.1) is 13.8 Å². The molecule has 0 spiro atoms. The number of furan rings is 1. The van der Waals surface area contributed by atoms with E-state index in [1.165, 1.54) is 11.3 Å². The van der Waals surface area contributed by atoms with Crippen molar-refractivity contribution in [2.24, 2.45) is 0 Å². The van der Waals surface area contributed by atoms with Crippen LogP contribution in [-0.4, -0.2) is 28.6 Å². The van der Waals surface area contributed by atoms with Crippen LogP contribution >= 0.6 is 11.3 Å². The number of aliphatic hydroxyl groups is 1. The lowest BCUT2D eigenvalue weighted by molar-refractivity contribution is 0.0918. The molecule has 2 aromatic rings. The molecule has 1 atom stereocenters. The molecule has 1 unspecified atom stereocenters. The second-order valence-electron chi connectivity index (χ2n) is 4.61. The maximum atomic E-state index is 12.2. The van der Waals surface area contributed by atoms with Crippen molar-refractivity contribution >= 4 is 17.2 Å². The number of carbonyl (C=O) groups is 1. The Labute approximate surface area is 121 Å². The van der Waals surface area contributed by atoms with Gasteiger partial charge in [-0.05, 0) is 32.4 Å². The molecular weight excluding hydrogens is 276 g/mol. The number of hydrogen-bond acceptors (Lipinski definition) is 5. The minimum absolute atomic E-state index is 0.0652. The molecule has 5 nitrogen and oxygen atoms in total. The van der Waals surface area contributed by atoms with Crippen molar-refractivity contribution in [3.05, 3.63) is 28.5 Å². The molecule has 0 aliphatic carbocycles. The van der Waals surface area contributed by atoms with Gasteiger partial charge in [-0.1, -0.05) is 6.92 Å². The molecule has 0 radical (unpaired) electrons. The monoisotopic (exact) mass is 294 g/mol. The average molecular weight is 294 g/mol. The second-order valence-corrected chi connectivity index (χ2v) is 5.60. The van der Waals surface area contributed by atoms with Gasteiger partial charge in [0.2, 0.25) is 0 Å². The first-order chi connectivity index (χ1) is 9.55. The SMILES string of the molecule is CCC(CO)NC(=O)c1sc(-c2ccc(C)o2)nc1C. The normalized spacial score (nSPS) is 12.4. The summed E-state index contributed by atoms with van der Waals surface area (Å²) < 4.78 is 5.52. The molecule has 0 fully saturated rings. The largest absolute Gasteiger partial charge is 0.459 e. The number of nitrogens with zero attached hydrogens (tertiary/aromatic N) is 1. The van der Waals surface area contributed by atoms with Crippen molar-refractivity contribution in [1.82, 2.24) is 10.3 Å². The van der Waals surface area contributed by atoms with Crippen LogP contribution < -0.4 is 5.32 Å². The number of aromatic nitrogens is 1. The predicted octanol–water partition coefficient (Wildman–Crippen LogP) is 2.52. The Kier molecular flexibility index (Phi) is 4.57. The van der Waals surface area contributed by atoms with E-state index < -0.39 is 0 Å². The van der Waals surface area contributed by atoms with Crippen molar-refractivity contribution < 1.29 is 14.3 Å². The first-order valence-corrected chi connectivity index (χ1v) is 7.32. The molecule has 2 rings (SSSR count). The first kappa shape index (κ1) is 14.7. The summed E-state index contributed by atoms with van der Waals surface area (Å²) in [4.78, 5) is 17.1. The Bertz CT molecular complexity index is 599. The number of aliphatic hydroxyl groups excluding tert-OH is 1. The topological polar surface area (TPSA) is 75.4 Å². The summed E-state index contributed by atoms with van der Waals surface area (Å²) in [7, 11) is 0. The number of carbonyl (C=O) groups excluding carboxylic acids is 1. The summed E-state index contributed by atoms with van der Waals surface area (Å²) in [5.74, 6) is 1.28. The summed E-state index contributed by atoms with van der Waals surface area (Å²) >= 11 is 1.30. The van der Waals surface area contributed by atoms with Crippen LogP contribution in [0.25, 0.3) is 10.8 Å². The number of hydrogen-bond donors (Lipinski definition) is 2.